The van der Waals surface area contributed by atoms with Crippen molar-refractivity contribution in [3.05, 3.63) is 0 Å². The van der Waals surface area contributed by atoms with Crippen LogP contribution in [-0.2, 0) is 4.74 Å². The van der Waals surface area contributed by atoms with Crippen molar-refractivity contribution >= 4 is 12.1 Å². The number of ether oxygens (including phenoxy) is 1. The fourth-order valence-corrected chi connectivity index (χ4v) is 2.58. The Morgan fingerprint density at radius 3 is 2.62 bits per heavy atom. The third kappa shape index (κ3) is 8.41. The van der Waals surface area contributed by atoms with E-state index in [1.807, 2.05) is 25.7 Å². The molecule has 24 heavy (non-hydrogen) atoms. The topological polar surface area (TPSA) is 66.0 Å². The zero-order valence-corrected chi connectivity index (χ0v) is 16.3. The first kappa shape index (κ1) is 20.6. The quantitative estimate of drug-likeness (QED) is 0.596. The summed E-state index contributed by atoms with van der Waals surface area (Å²) in [4.78, 5) is 18.6. The summed E-state index contributed by atoms with van der Waals surface area (Å²) >= 11 is 0. The summed E-state index contributed by atoms with van der Waals surface area (Å²) in [5, 5.41) is 6.69. The second kappa shape index (κ2) is 9.74. The standard InChI is InChI=1S/C18H36N4O2/c1-7-19-16(20-11-14(2)3)21-12-15-9-8-10-22(13-15)17(23)24-18(4,5)6/h14-15H,7-13H2,1-6H3,(H2,19,20,21). The molecular formula is C18H36N4O2. The van der Waals surface area contributed by atoms with Crippen LogP contribution in [0.1, 0.15) is 54.4 Å². The van der Waals surface area contributed by atoms with E-state index in [2.05, 4.69) is 36.4 Å². The predicted molar refractivity (Wildman–Crippen MR) is 99.4 cm³/mol. The average Bonchev–Trinajstić information content (AvgIpc) is 2.48. The molecule has 1 aliphatic rings. The molecule has 0 saturated carbocycles. The fourth-order valence-electron chi connectivity index (χ4n) is 2.58. The highest BCUT2D eigenvalue weighted by molar-refractivity contribution is 5.79. The Morgan fingerprint density at radius 2 is 2.04 bits per heavy atom. The van der Waals surface area contributed by atoms with Crippen LogP contribution in [0.25, 0.3) is 0 Å². The highest BCUT2D eigenvalue weighted by atomic mass is 16.6. The van der Waals surface area contributed by atoms with Crippen LogP contribution in [0.4, 0.5) is 4.79 Å². The predicted octanol–water partition coefficient (Wildman–Crippen LogP) is 2.84. The minimum Gasteiger partial charge on any atom is -0.444 e. The molecule has 2 N–H and O–H groups in total. The minimum absolute atomic E-state index is 0.201. The largest absolute Gasteiger partial charge is 0.444 e. The lowest BCUT2D eigenvalue weighted by Crippen LogP contribution is -2.47. The van der Waals surface area contributed by atoms with Gasteiger partial charge in [-0.1, -0.05) is 13.8 Å². The van der Waals surface area contributed by atoms with Gasteiger partial charge in [-0.2, -0.15) is 0 Å². The maximum Gasteiger partial charge on any atom is 0.410 e. The van der Waals surface area contributed by atoms with Gasteiger partial charge in [0.1, 0.15) is 5.60 Å². The molecule has 0 aliphatic carbocycles. The molecule has 0 aromatic rings. The van der Waals surface area contributed by atoms with Crippen LogP contribution >= 0.6 is 0 Å². The zero-order valence-electron chi connectivity index (χ0n) is 16.3. The Kier molecular flexibility index (Phi) is 8.36. The van der Waals surface area contributed by atoms with E-state index in [0.29, 0.717) is 11.8 Å². The lowest BCUT2D eigenvalue weighted by atomic mass is 9.98. The van der Waals surface area contributed by atoms with Gasteiger partial charge in [-0.15, -0.1) is 0 Å². The summed E-state index contributed by atoms with van der Waals surface area (Å²) in [6.45, 7) is 16.1. The summed E-state index contributed by atoms with van der Waals surface area (Å²) in [5.74, 6) is 1.83. The number of amides is 1. The second-order valence-corrected chi connectivity index (χ2v) is 7.93. The van der Waals surface area contributed by atoms with Crippen LogP contribution in [0.15, 0.2) is 4.99 Å². The molecule has 0 aromatic carbocycles. The molecule has 1 aliphatic heterocycles. The molecule has 1 amide bonds. The summed E-state index contributed by atoms with van der Waals surface area (Å²) in [7, 11) is 0. The zero-order chi connectivity index (χ0) is 18.2. The number of likely N-dealkylation sites (tertiary alicyclic amines) is 1. The molecule has 1 heterocycles. The van der Waals surface area contributed by atoms with Gasteiger partial charge >= 0.3 is 6.09 Å². The third-order valence-electron chi connectivity index (χ3n) is 3.69. The van der Waals surface area contributed by atoms with Crippen molar-refractivity contribution in [3.63, 3.8) is 0 Å². The van der Waals surface area contributed by atoms with E-state index in [4.69, 9.17) is 4.74 Å². The first-order chi connectivity index (χ1) is 11.2. The normalized spacial score (nSPS) is 19.4. The third-order valence-corrected chi connectivity index (χ3v) is 3.69. The lowest BCUT2D eigenvalue weighted by Gasteiger charge is -2.34. The van der Waals surface area contributed by atoms with Crippen LogP contribution in [0.3, 0.4) is 0 Å². The molecule has 1 rings (SSSR count). The van der Waals surface area contributed by atoms with Gasteiger partial charge in [-0.25, -0.2) is 4.79 Å². The number of guanidine groups is 1. The summed E-state index contributed by atoms with van der Waals surface area (Å²) in [6.07, 6.45) is 1.94. The number of rotatable bonds is 5. The van der Waals surface area contributed by atoms with E-state index >= 15 is 0 Å². The molecule has 1 unspecified atom stereocenters. The molecule has 140 valence electrons. The van der Waals surface area contributed by atoms with Crippen molar-refractivity contribution in [1.29, 1.82) is 0 Å². The van der Waals surface area contributed by atoms with E-state index in [-0.39, 0.29) is 6.09 Å². The number of nitrogens with zero attached hydrogens (tertiary/aromatic N) is 2. The van der Waals surface area contributed by atoms with Gasteiger partial charge < -0.3 is 20.3 Å². The van der Waals surface area contributed by atoms with E-state index in [1.165, 1.54) is 0 Å². The van der Waals surface area contributed by atoms with E-state index < -0.39 is 5.60 Å². The number of hydrogen-bond donors (Lipinski definition) is 2. The van der Waals surface area contributed by atoms with Gasteiger partial charge in [0.25, 0.3) is 0 Å². The Bertz CT molecular complexity index is 416. The molecular weight excluding hydrogens is 304 g/mol. The van der Waals surface area contributed by atoms with Gasteiger partial charge in [0.15, 0.2) is 5.96 Å². The number of nitrogens with one attached hydrogen (secondary N) is 2. The van der Waals surface area contributed by atoms with Gasteiger partial charge in [0, 0.05) is 32.7 Å². The Labute approximate surface area is 147 Å². The molecule has 1 fully saturated rings. The van der Waals surface area contributed by atoms with Crippen molar-refractivity contribution in [1.82, 2.24) is 15.5 Å². The minimum atomic E-state index is -0.440. The summed E-state index contributed by atoms with van der Waals surface area (Å²) in [6, 6.07) is 0. The van der Waals surface area contributed by atoms with Crippen LogP contribution in [-0.4, -0.2) is 55.3 Å². The SMILES string of the molecule is CCNC(=NCC(C)C)NCC1CCCN(C(=O)OC(C)(C)C)C1. The number of hydrogen-bond acceptors (Lipinski definition) is 3. The van der Waals surface area contributed by atoms with E-state index in [1.54, 1.807) is 0 Å². The maximum absolute atomic E-state index is 12.2. The van der Waals surface area contributed by atoms with Crippen molar-refractivity contribution in [2.24, 2.45) is 16.8 Å². The molecule has 6 heteroatoms. The van der Waals surface area contributed by atoms with Crippen LogP contribution in [0.2, 0.25) is 0 Å². The first-order valence-electron chi connectivity index (χ1n) is 9.21. The number of carbonyl (C=O) groups is 1. The van der Waals surface area contributed by atoms with Gasteiger partial charge in [0.05, 0.1) is 0 Å². The molecule has 6 nitrogen and oxygen atoms in total. The average molecular weight is 341 g/mol. The van der Waals surface area contributed by atoms with Gasteiger partial charge in [-0.05, 0) is 52.4 Å². The summed E-state index contributed by atoms with van der Waals surface area (Å²) in [5.41, 5.74) is -0.440. The van der Waals surface area contributed by atoms with Crippen LogP contribution in [0, 0.1) is 11.8 Å². The molecule has 0 aromatic heterocycles. The second-order valence-electron chi connectivity index (χ2n) is 7.93. The maximum atomic E-state index is 12.2. The Balaban J connectivity index is 2.49. The monoisotopic (exact) mass is 340 g/mol. The number of aliphatic imine (C=N–C) groups is 1. The molecule has 1 saturated heterocycles. The molecule has 0 spiro atoms. The molecule has 0 radical (unpaired) electrons. The highest BCUT2D eigenvalue weighted by Crippen LogP contribution is 2.18. The highest BCUT2D eigenvalue weighted by Gasteiger charge is 2.27. The van der Waals surface area contributed by atoms with Crippen molar-refractivity contribution in [2.75, 3.05) is 32.7 Å². The van der Waals surface area contributed by atoms with Gasteiger partial charge in [0.2, 0.25) is 0 Å². The first-order valence-corrected chi connectivity index (χ1v) is 9.21. The lowest BCUT2D eigenvalue weighted by molar-refractivity contribution is 0.0168. The van der Waals surface area contributed by atoms with E-state index in [0.717, 1.165) is 51.5 Å². The van der Waals surface area contributed by atoms with Crippen molar-refractivity contribution in [2.45, 2.75) is 60.0 Å². The van der Waals surface area contributed by atoms with Crippen molar-refractivity contribution in [3.8, 4) is 0 Å². The molecule has 0 bridgehead atoms. The van der Waals surface area contributed by atoms with E-state index in [9.17, 15) is 4.79 Å². The smallest absolute Gasteiger partial charge is 0.410 e. The Morgan fingerprint density at radius 1 is 1.33 bits per heavy atom. The molecule has 1 atom stereocenters. The van der Waals surface area contributed by atoms with Gasteiger partial charge in [-0.3, -0.25) is 4.99 Å². The van der Waals surface area contributed by atoms with Crippen molar-refractivity contribution < 1.29 is 9.53 Å². The Hall–Kier alpha value is -1.46. The number of carbonyl (C=O) groups excluding carboxylic acids is 1. The summed E-state index contributed by atoms with van der Waals surface area (Å²) < 4.78 is 5.49. The van der Waals surface area contributed by atoms with Crippen LogP contribution < -0.4 is 10.6 Å². The fraction of sp³-hybridized carbons (Fsp3) is 0.889. The number of piperidine rings is 1. The van der Waals surface area contributed by atoms with Crippen LogP contribution in [0.5, 0.6) is 0 Å².